The number of rotatable bonds is 8. The van der Waals surface area contributed by atoms with Gasteiger partial charge in [0.1, 0.15) is 24.6 Å². The largest absolute Gasteiger partial charge is 0.394 e. The molecule has 2 aliphatic heterocycles. The summed E-state index contributed by atoms with van der Waals surface area (Å²) in [6.45, 7) is 3.67. The molecule has 4 rings (SSSR count). The van der Waals surface area contributed by atoms with Crippen molar-refractivity contribution < 1.29 is 24.8 Å². The lowest BCUT2D eigenvalue weighted by atomic mass is 10.1. The molecule has 2 aromatic heterocycles. The van der Waals surface area contributed by atoms with Gasteiger partial charge in [0.05, 0.1) is 19.3 Å². The summed E-state index contributed by atoms with van der Waals surface area (Å²) in [6, 6.07) is 0.142. The first kappa shape index (κ1) is 20.2. The normalized spacial score (nSPS) is 29.6. The Hall–Kier alpha value is -2.05. The second-order valence-corrected chi connectivity index (χ2v) is 7.41. The average Bonchev–Trinajstić information content (AvgIpc) is 3.42. The Labute approximate surface area is 168 Å². The fourth-order valence-electron chi connectivity index (χ4n) is 3.69. The first-order valence-electron chi connectivity index (χ1n) is 10.1. The number of nitrogens with zero attached hydrogens (tertiary/aromatic N) is 4. The predicted molar refractivity (Wildman–Crippen MR) is 105 cm³/mol. The van der Waals surface area contributed by atoms with Gasteiger partial charge in [-0.1, -0.05) is 13.3 Å². The molecule has 160 valence electrons. The third kappa shape index (κ3) is 3.88. The smallest absolute Gasteiger partial charge is 0.207 e. The Morgan fingerprint density at radius 2 is 2.14 bits per heavy atom. The molecule has 4 heterocycles. The number of hydrogen-bond donors (Lipinski definition) is 5. The Bertz CT molecular complexity index is 826. The zero-order chi connectivity index (χ0) is 20.4. The van der Waals surface area contributed by atoms with Crippen LogP contribution >= 0.6 is 0 Å². The van der Waals surface area contributed by atoms with Crippen molar-refractivity contribution in [1.82, 2.24) is 19.5 Å². The summed E-state index contributed by atoms with van der Waals surface area (Å²) in [4.78, 5) is 13.4. The first-order chi connectivity index (χ1) is 14.1. The fraction of sp³-hybridized carbons (Fsp3) is 0.722. The number of aliphatic hydroxyl groups is 3. The van der Waals surface area contributed by atoms with Gasteiger partial charge in [-0.25, -0.2) is 15.0 Å². The molecule has 2 aromatic rings. The van der Waals surface area contributed by atoms with Crippen LogP contribution in [0.5, 0.6) is 0 Å². The summed E-state index contributed by atoms with van der Waals surface area (Å²) < 4.78 is 12.8. The molecule has 0 radical (unpaired) electrons. The number of ether oxygens (including phenoxy) is 2. The number of unbranched alkanes of at least 4 members (excludes halogenated alkanes) is 1. The second-order valence-electron chi connectivity index (χ2n) is 7.41. The third-order valence-electron chi connectivity index (χ3n) is 5.33. The van der Waals surface area contributed by atoms with Crippen LogP contribution in [0.2, 0.25) is 0 Å². The third-order valence-corrected chi connectivity index (χ3v) is 5.33. The van der Waals surface area contributed by atoms with Gasteiger partial charge in [0.15, 0.2) is 23.2 Å². The van der Waals surface area contributed by atoms with Crippen LogP contribution in [0.3, 0.4) is 0 Å². The molecule has 0 amide bonds. The van der Waals surface area contributed by atoms with Gasteiger partial charge in [-0.3, -0.25) is 4.57 Å². The van der Waals surface area contributed by atoms with E-state index in [4.69, 9.17) is 9.47 Å². The van der Waals surface area contributed by atoms with Gasteiger partial charge in [-0.15, -0.1) is 0 Å². The summed E-state index contributed by atoms with van der Waals surface area (Å²) in [5, 5.41) is 36.8. The standard InChI is InChI=1S/C18H28N6O5/c1-2-3-5-19-18-23-12-15(22-10-4-6-28-8-10)20-9-21-16(12)24(18)17-14(27)13(26)11(7-25)29-17/h9-11,13-14,17,25-27H,2-8H2,1H3,(H,19,23)(H,20,21,22). The molecule has 0 aliphatic carbocycles. The molecule has 11 nitrogen and oxygen atoms in total. The van der Waals surface area contributed by atoms with E-state index in [0.717, 1.165) is 19.3 Å². The number of fused-ring (bicyclic) bond motifs is 1. The van der Waals surface area contributed by atoms with E-state index in [1.54, 1.807) is 4.57 Å². The van der Waals surface area contributed by atoms with Gasteiger partial charge in [-0.05, 0) is 12.8 Å². The zero-order valence-corrected chi connectivity index (χ0v) is 16.4. The van der Waals surface area contributed by atoms with Crippen molar-refractivity contribution in [1.29, 1.82) is 0 Å². The number of aromatic nitrogens is 4. The molecule has 2 fully saturated rings. The lowest BCUT2D eigenvalue weighted by Crippen LogP contribution is -2.33. The number of hydrogen-bond acceptors (Lipinski definition) is 10. The van der Waals surface area contributed by atoms with Gasteiger partial charge in [0, 0.05) is 13.2 Å². The minimum atomic E-state index is -1.23. The van der Waals surface area contributed by atoms with Crippen molar-refractivity contribution in [3.05, 3.63) is 6.33 Å². The highest BCUT2D eigenvalue weighted by atomic mass is 16.6. The first-order valence-corrected chi connectivity index (χ1v) is 10.1. The maximum absolute atomic E-state index is 10.5. The zero-order valence-electron chi connectivity index (χ0n) is 16.4. The SMILES string of the molecule is CCCCNc1nc2c(NC3CCOC3)ncnc2n1C1OC(CO)C(O)C1O. The highest BCUT2D eigenvalue weighted by Crippen LogP contribution is 2.35. The van der Waals surface area contributed by atoms with Crippen molar-refractivity contribution in [3.8, 4) is 0 Å². The summed E-state index contributed by atoms with van der Waals surface area (Å²) in [5.74, 6) is 1.05. The van der Waals surface area contributed by atoms with Crippen LogP contribution < -0.4 is 10.6 Å². The van der Waals surface area contributed by atoms with Gasteiger partial charge in [-0.2, -0.15) is 0 Å². The second kappa shape index (κ2) is 8.76. The van der Waals surface area contributed by atoms with E-state index in [-0.39, 0.29) is 6.04 Å². The molecule has 29 heavy (non-hydrogen) atoms. The number of aliphatic hydroxyl groups excluding tert-OH is 3. The molecule has 5 N–H and O–H groups in total. The molecular weight excluding hydrogens is 380 g/mol. The van der Waals surface area contributed by atoms with Crippen molar-refractivity contribution >= 4 is 22.9 Å². The topological polar surface area (TPSA) is 147 Å². The van der Waals surface area contributed by atoms with Gasteiger partial charge >= 0.3 is 0 Å². The summed E-state index contributed by atoms with van der Waals surface area (Å²) in [6.07, 6.45) is -0.00452. The van der Waals surface area contributed by atoms with Gasteiger partial charge in [0.25, 0.3) is 0 Å². The highest BCUT2D eigenvalue weighted by Gasteiger charge is 2.45. The number of anilines is 2. The summed E-state index contributed by atoms with van der Waals surface area (Å²) >= 11 is 0. The molecule has 11 heteroatoms. The van der Waals surface area contributed by atoms with E-state index in [0.29, 0.717) is 42.7 Å². The lowest BCUT2D eigenvalue weighted by molar-refractivity contribution is -0.0501. The van der Waals surface area contributed by atoms with E-state index in [9.17, 15) is 15.3 Å². The minimum Gasteiger partial charge on any atom is -0.394 e. The fourth-order valence-corrected chi connectivity index (χ4v) is 3.69. The van der Waals surface area contributed by atoms with E-state index in [1.165, 1.54) is 6.33 Å². The van der Waals surface area contributed by atoms with Crippen molar-refractivity contribution in [3.63, 3.8) is 0 Å². The van der Waals surface area contributed by atoms with Gasteiger partial charge in [0.2, 0.25) is 5.95 Å². The monoisotopic (exact) mass is 408 g/mol. The maximum atomic E-state index is 10.5. The molecule has 0 aromatic carbocycles. The molecule has 0 spiro atoms. The maximum Gasteiger partial charge on any atom is 0.207 e. The van der Waals surface area contributed by atoms with E-state index in [1.807, 2.05) is 0 Å². The lowest BCUT2D eigenvalue weighted by Gasteiger charge is -2.19. The minimum absolute atomic E-state index is 0.142. The predicted octanol–water partition coefficient (Wildman–Crippen LogP) is -0.149. The highest BCUT2D eigenvalue weighted by molar-refractivity contribution is 5.85. The van der Waals surface area contributed by atoms with Crippen molar-refractivity contribution in [2.45, 2.75) is 56.8 Å². The van der Waals surface area contributed by atoms with Crippen LogP contribution in [0, 0.1) is 0 Å². The van der Waals surface area contributed by atoms with Crippen LogP contribution in [-0.2, 0) is 9.47 Å². The molecule has 2 aliphatic rings. The Morgan fingerprint density at radius 3 is 2.83 bits per heavy atom. The summed E-state index contributed by atoms with van der Waals surface area (Å²) in [7, 11) is 0. The van der Waals surface area contributed by atoms with E-state index in [2.05, 4.69) is 32.5 Å². The molecule has 0 bridgehead atoms. The van der Waals surface area contributed by atoms with Gasteiger partial charge < -0.3 is 35.4 Å². The van der Waals surface area contributed by atoms with E-state index < -0.39 is 31.1 Å². The van der Waals surface area contributed by atoms with Crippen LogP contribution in [0.15, 0.2) is 6.33 Å². The van der Waals surface area contributed by atoms with Crippen molar-refractivity contribution in [2.75, 3.05) is 37.0 Å². The number of imidazole rings is 1. The van der Waals surface area contributed by atoms with Crippen LogP contribution in [-0.4, -0.2) is 85.6 Å². The molecule has 5 atom stereocenters. The molecule has 5 unspecified atom stereocenters. The Kier molecular flexibility index (Phi) is 6.11. The number of nitrogens with one attached hydrogen (secondary N) is 2. The van der Waals surface area contributed by atoms with Crippen LogP contribution in [0.4, 0.5) is 11.8 Å². The average molecular weight is 408 g/mol. The molecular formula is C18H28N6O5. The molecule has 2 saturated heterocycles. The Morgan fingerprint density at radius 1 is 1.28 bits per heavy atom. The summed E-state index contributed by atoms with van der Waals surface area (Å²) in [5.41, 5.74) is 1.01. The van der Waals surface area contributed by atoms with E-state index >= 15 is 0 Å². The molecule has 0 saturated carbocycles. The van der Waals surface area contributed by atoms with Crippen LogP contribution in [0.1, 0.15) is 32.4 Å². The quantitative estimate of drug-likeness (QED) is 0.374. The Balaban J connectivity index is 1.73. The van der Waals surface area contributed by atoms with Crippen molar-refractivity contribution in [2.24, 2.45) is 0 Å². The van der Waals surface area contributed by atoms with Crippen LogP contribution in [0.25, 0.3) is 11.2 Å².